The number of ether oxygens (including phenoxy) is 3. The number of rotatable bonds is 6. The van der Waals surface area contributed by atoms with Gasteiger partial charge in [-0.05, 0) is 25.1 Å². The summed E-state index contributed by atoms with van der Waals surface area (Å²) in [5.41, 5.74) is -4.27. The van der Waals surface area contributed by atoms with Crippen LogP contribution < -0.4 is 4.74 Å². The molecule has 3 aromatic rings. The van der Waals surface area contributed by atoms with E-state index >= 15 is 0 Å². The van der Waals surface area contributed by atoms with Gasteiger partial charge in [-0.15, -0.1) is 0 Å². The van der Waals surface area contributed by atoms with Crippen molar-refractivity contribution in [3.8, 4) is 17.2 Å². The molecule has 3 heterocycles. The summed E-state index contributed by atoms with van der Waals surface area (Å²) in [6.07, 6.45) is -5.51. The first-order valence-electron chi connectivity index (χ1n) is 15.4. The number of imide groups is 1. The van der Waals surface area contributed by atoms with Gasteiger partial charge in [0.2, 0.25) is 5.78 Å². The lowest BCUT2D eigenvalue weighted by Crippen LogP contribution is -2.57. The van der Waals surface area contributed by atoms with Crippen molar-refractivity contribution < 1.29 is 63.7 Å². The van der Waals surface area contributed by atoms with Crippen molar-refractivity contribution in [3.05, 3.63) is 81.2 Å². The van der Waals surface area contributed by atoms with Gasteiger partial charge in [0.1, 0.15) is 41.3 Å². The second-order valence-electron chi connectivity index (χ2n) is 12.4. The van der Waals surface area contributed by atoms with Crippen LogP contribution in [0.15, 0.2) is 36.5 Å². The second kappa shape index (κ2) is 11.5. The second-order valence-corrected chi connectivity index (χ2v) is 12.4. The summed E-state index contributed by atoms with van der Waals surface area (Å²) in [6, 6.07) is 6.02. The summed E-state index contributed by atoms with van der Waals surface area (Å²) >= 11 is 0. The smallest absolute Gasteiger partial charge is 0.280 e. The van der Waals surface area contributed by atoms with Crippen LogP contribution >= 0.6 is 0 Å². The Kier molecular flexibility index (Phi) is 7.64. The van der Waals surface area contributed by atoms with Gasteiger partial charge >= 0.3 is 0 Å². The Bertz CT molecular complexity index is 1960. The number of ketones is 3. The topological polar surface area (TPSA) is 230 Å². The summed E-state index contributed by atoms with van der Waals surface area (Å²) in [5, 5.41) is 55.5. The molecule has 2 amide bonds. The molecule has 5 N–H and O–H groups in total. The number of fused-ring (bicyclic) bond motifs is 4. The zero-order valence-corrected chi connectivity index (χ0v) is 26.1. The number of carbonyl (C=O) groups excluding carboxylic acids is 5. The number of Topliss-reactive ketones (excluding diaryl/α,β-unsaturated/α-hetero) is 1. The Morgan fingerprint density at radius 1 is 1.02 bits per heavy atom. The van der Waals surface area contributed by atoms with Crippen LogP contribution in [-0.2, 0) is 20.7 Å². The fourth-order valence-corrected chi connectivity index (χ4v) is 7.33. The highest BCUT2D eigenvalue weighted by atomic mass is 16.7. The average Bonchev–Trinajstić information content (AvgIpc) is 3.34. The highest BCUT2D eigenvalue weighted by molar-refractivity contribution is 6.31. The third-order valence-corrected chi connectivity index (χ3v) is 9.74. The minimum atomic E-state index is -2.37. The quantitative estimate of drug-likeness (QED) is 0.140. The fraction of sp³-hybridized carbons (Fsp3) is 0.353. The molecule has 4 aliphatic rings. The molecule has 0 bridgehead atoms. The maximum Gasteiger partial charge on any atom is 0.280 e. The fourth-order valence-electron chi connectivity index (χ4n) is 7.33. The van der Waals surface area contributed by atoms with Crippen molar-refractivity contribution in [2.75, 3.05) is 13.7 Å². The molecular weight excluding hydrogens is 644 g/mol. The number of aromatic nitrogens is 1. The summed E-state index contributed by atoms with van der Waals surface area (Å²) in [5.74, 6) is -5.63. The number of methoxy groups -OCH3 is 1. The van der Waals surface area contributed by atoms with E-state index in [-0.39, 0.29) is 45.7 Å². The third kappa shape index (κ3) is 4.69. The molecule has 1 saturated heterocycles. The average molecular weight is 675 g/mol. The number of phenols is 2. The van der Waals surface area contributed by atoms with E-state index in [1.165, 1.54) is 50.6 Å². The molecule has 1 fully saturated rings. The van der Waals surface area contributed by atoms with Crippen molar-refractivity contribution in [2.45, 2.75) is 62.4 Å². The van der Waals surface area contributed by atoms with Crippen LogP contribution in [0.4, 0.5) is 0 Å². The summed E-state index contributed by atoms with van der Waals surface area (Å²) in [7, 11) is 1.30. The molecule has 2 aromatic carbocycles. The largest absolute Gasteiger partial charge is 0.507 e. The molecule has 2 aliphatic heterocycles. The minimum Gasteiger partial charge on any atom is -0.507 e. The van der Waals surface area contributed by atoms with Gasteiger partial charge in [0.25, 0.3) is 11.8 Å². The first-order chi connectivity index (χ1) is 23.3. The van der Waals surface area contributed by atoms with E-state index < -0.39 is 107 Å². The molecule has 6 atom stereocenters. The van der Waals surface area contributed by atoms with Gasteiger partial charge in [0.05, 0.1) is 47.6 Å². The number of nitrogens with zero attached hydrogens (tertiary/aromatic N) is 2. The van der Waals surface area contributed by atoms with Crippen LogP contribution in [-0.4, -0.2) is 108 Å². The Morgan fingerprint density at radius 2 is 1.73 bits per heavy atom. The standard InChI is InChI=1S/C34H30N2O13/c1-13-27(39)17(36-32(44)15-6-4-8-35-26(15)33(36)45)9-21(48-13)49-19-11-34(46,20(38)12-37)10-16-23(19)31(43)25-24(29(16)41)28(40)14-5-3-7-18(47-2)22(14)30(25)42/h3-8,13,17,19,21,27,37,39,41,43,46H,9-12H2,1-2H3/t13?,17?,19-,21?,27?,34-/m0/s1. The lowest BCUT2D eigenvalue weighted by molar-refractivity contribution is -0.254. The Labute approximate surface area is 277 Å². The lowest BCUT2D eigenvalue weighted by Gasteiger charge is -2.44. The molecule has 0 spiro atoms. The molecule has 0 saturated carbocycles. The van der Waals surface area contributed by atoms with Gasteiger partial charge < -0.3 is 39.7 Å². The van der Waals surface area contributed by atoms with Crippen molar-refractivity contribution in [3.63, 3.8) is 0 Å². The lowest BCUT2D eigenvalue weighted by atomic mass is 9.72. The number of aliphatic hydroxyl groups excluding tert-OH is 2. The highest BCUT2D eigenvalue weighted by Gasteiger charge is 2.52. The first-order valence-corrected chi connectivity index (χ1v) is 15.4. The van der Waals surface area contributed by atoms with Crippen molar-refractivity contribution in [1.29, 1.82) is 0 Å². The highest BCUT2D eigenvalue weighted by Crippen LogP contribution is 2.52. The monoisotopic (exact) mass is 674 g/mol. The predicted molar refractivity (Wildman–Crippen MR) is 162 cm³/mol. The molecule has 4 unspecified atom stereocenters. The van der Waals surface area contributed by atoms with Crippen LogP contribution in [0, 0.1) is 0 Å². The zero-order chi connectivity index (χ0) is 35.1. The summed E-state index contributed by atoms with van der Waals surface area (Å²) in [6.45, 7) is 0.374. The molecule has 7 rings (SSSR count). The van der Waals surface area contributed by atoms with Gasteiger partial charge in [0, 0.05) is 42.1 Å². The Balaban J connectivity index is 1.31. The van der Waals surface area contributed by atoms with E-state index in [2.05, 4.69) is 4.98 Å². The molecule has 254 valence electrons. The van der Waals surface area contributed by atoms with Crippen LogP contribution in [0.1, 0.15) is 89.7 Å². The van der Waals surface area contributed by atoms with Gasteiger partial charge in [-0.1, -0.05) is 12.1 Å². The van der Waals surface area contributed by atoms with Crippen molar-refractivity contribution in [2.24, 2.45) is 0 Å². The minimum absolute atomic E-state index is 0.0476. The molecule has 2 aliphatic carbocycles. The van der Waals surface area contributed by atoms with E-state index in [1.807, 2.05) is 0 Å². The van der Waals surface area contributed by atoms with E-state index in [0.29, 0.717) is 0 Å². The normalized spacial score (nSPS) is 27.4. The molecule has 49 heavy (non-hydrogen) atoms. The van der Waals surface area contributed by atoms with Gasteiger partial charge in [0.15, 0.2) is 17.9 Å². The zero-order valence-electron chi connectivity index (χ0n) is 26.1. The molecular formula is C34H30N2O13. The summed E-state index contributed by atoms with van der Waals surface area (Å²) in [4.78, 5) is 71.9. The van der Waals surface area contributed by atoms with Crippen molar-refractivity contribution in [1.82, 2.24) is 9.88 Å². The van der Waals surface area contributed by atoms with E-state index in [9.17, 15) is 49.5 Å². The number of hydrogen-bond acceptors (Lipinski definition) is 14. The number of aromatic hydroxyl groups is 2. The predicted octanol–water partition coefficient (Wildman–Crippen LogP) is 0.734. The molecule has 0 radical (unpaired) electrons. The van der Waals surface area contributed by atoms with E-state index in [4.69, 9.17) is 14.2 Å². The number of aliphatic hydroxyl groups is 3. The molecule has 15 heteroatoms. The van der Waals surface area contributed by atoms with Crippen LogP contribution in [0.2, 0.25) is 0 Å². The number of carbonyl (C=O) groups is 5. The number of hydrogen-bond donors (Lipinski definition) is 5. The van der Waals surface area contributed by atoms with Crippen LogP contribution in [0.5, 0.6) is 17.2 Å². The van der Waals surface area contributed by atoms with Gasteiger partial charge in [-0.3, -0.25) is 33.9 Å². The van der Waals surface area contributed by atoms with Crippen molar-refractivity contribution >= 4 is 29.2 Å². The number of phenolic OH excluding ortho intramolecular Hbond substituents is 2. The maximum atomic E-state index is 13.9. The molecule has 15 nitrogen and oxygen atoms in total. The maximum absolute atomic E-state index is 13.9. The third-order valence-electron chi connectivity index (χ3n) is 9.74. The van der Waals surface area contributed by atoms with E-state index in [1.54, 1.807) is 0 Å². The van der Waals surface area contributed by atoms with Gasteiger partial charge in [-0.2, -0.15) is 0 Å². The SMILES string of the molecule is COc1cccc2c1C(=O)c1c(O)c3c(c(O)c1C2=O)C[C@@](O)(C(=O)CO)C[C@@H]3OC1CC(N2C(=O)c3cccnc3C2=O)C(O)C(C)O1. The van der Waals surface area contributed by atoms with E-state index in [0.717, 1.165) is 4.90 Å². The number of pyridine rings is 1. The van der Waals surface area contributed by atoms with Gasteiger partial charge in [-0.25, -0.2) is 0 Å². The Morgan fingerprint density at radius 3 is 2.43 bits per heavy atom. The number of benzene rings is 2. The summed E-state index contributed by atoms with van der Waals surface area (Å²) < 4.78 is 17.4. The molecule has 1 aromatic heterocycles. The van der Waals surface area contributed by atoms with Crippen LogP contribution in [0.25, 0.3) is 0 Å². The van der Waals surface area contributed by atoms with Crippen LogP contribution in [0.3, 0.4) is 0 Å². The Hall–Kier alpha value is -5.06. The first kappa shape index (κ1) is 32.5. The number of amides is 2.